The van der Waals surface area contributed by atoms with E-state index in [0.29, 0.717) is 12.8 Å². The van der Waals surface area contributed by atoms with E-state index < -0.39 is 23.0 Å². The summed E-state index contributed by atoms with van der Waals surface area (Å²) in [4.78, 5) is 36.7. The number of carbonyl (C=O) groups is 3. The molecule has 4 amide bonds. The number of aliphatic hydroxyl groups excluding tert-OH is 1. The predicted octanol–water partition coefficient (Wildman–Crippen LogP) is -0.0159. The van der Waals surface area contributed by atoms with Crippen molar-refractivity contribution < 1.29 is 19.5 Å². The first-order valence-corrected chi connectivity index (χ1v) is 6.71. The molecular weight excluding hydrogens is 262 g/mol. The number of carbonyl (C=O) groups excluding carboxylic acids is 3. The number of amides is 4. The van der Waals surface area contributed by atoms with Crippen molar-refractivity contribution in [1.29, 1.82) is 0 Å². The van der Waals surface area contributed by atoms with E-state index in [1.54, 1.807) is 27.7 Å². The highest BCUT2D eigenvalue weighted by molar-refractivity contribution is 6.08. The molecule has 0 aromatic heterocycles. The third kappa shape index (κ3) is 3.47. The van der Waals surface area contributed by atoms with Gasteiger partial charge in [-0.2, -0.15) is 0 Å². The lowest BCUT2D eigenvalue weighted by molar-refractivity contribution is -0.135. The van der Waals surface area contributed by atoms with E-state index in [0.717, 1.165) is 4.90 Å². The zero-order chi connectivity index (χ0) is 15.6. The molecule has 0 radical (unpaired) electrons. The topological polar surface area (TPSA) is 98.7 Å². The monoisotopic (exact) mass is 285 g/mol. The van der Waals surface area contributed by atoms with Gasteiger partial charge in [0.05, 0.1) is 0 Å². The number of urea groups is 1. The Morgan fingerprint density at radius 3 is 2.50 bits per heavy atom. The van der Waals surface area contributed by atoms with Gasteiger partial charge in [-0.15, -0.1) is 0 Å². The van der Waals surface area contributed by atoms with Gasteiger partial charge in [-0.05, 0) is 33.6 Å². The highest BCUT2D eigenvalue weighted by Gasteiger charge is 2.47. The highest BCUT2D eigenvalue weighted by atomic mass is 16.3. The van der Waals surface area contributed by atoms with E-state index in [1.165, 1.54) is 0 Å². The first-order chi connectivity index (χ1) is 9.15. The quantitative estimate of drug-likeness (QED) is 0.597. The summed E-state index contributed by atoms with van der Waals surface area (Å²) < 4.78 is 0. The van der Waals surface area contributed by atoms with Gasteiger partial charge in [0.2, 0.25) is 5.91 Å². The van der Waals surface area contributed by atoms with Crippen molar-refractivity contribution in [2.24, 2.45) is 0 Å². The molecule has 1 atom stereocenters. The second-order valence-corrected chi connectivity index (χ2v) is 5.91. The van der Waals surface area contributed by atoms with Gasteiger partial charge in [-0.1, -0.05) is 6.92 Å². The van der Waals surface area contributed by atoms with E-state index in [9.17, 15) is 14.4 Å². The average Bonchev–Trinajstić information content (AvgIpc) is 2.53. The van der Waals surface area contributed by atoms with Crippen LogP contribution in [0.2, 0.25) is 0 Å². The Balaban J connectivity index is 2.67. The van der Waals surface area contributed by atoms with Crippen molar-refractivity contribution in [2.75, 3.05) is 13.2 Å². The highest BCUT2D eigenvalue weighted by Crippen LogP contribution is 2.20. The first kappa shape index (κ1) is 16.4. The molecule has 1 unspecified atom stereocenters. The Morgan fingerprint density at radius 2 is 2.05 bits per heavy atom. The molecule has 0 aromatic rings. The minimum Gasteiger partial charge on any atom is -0.396 e. The van der Waals surface area contributed by atoms with Gasteiger partial charge in [0.1, 0.15) is 12.1 Å². The molecule has 7 nitrogen and oxygen atoms in total. The van der Waals surface area contributed by atoms with Gasteiger partial charge in [-0.25, -0.2) is 4.79 Å². The molecule has 1 rings (SSSR count). The summed E-state index contributed by atoms with van der Waals surface area (Å²) in [5, 5.41) is 14.2. The fourth-order valence-electron chi connectivity index (χ4n) is 2.03. The lowest BCUT2D eigenvalue weighted by Gasteiger charge is -2.26. The molecular formula is C13H23N3O4. The normalized spacial score (nSPS) is 22.9. The van der Waals surface area contributed by atoms with Gasteiger partial charge in [-0.3, -0.25) is 14.5 Å². The average molecular weight is 285 g/mol. The van der Waals surface area contributed by atoms with Crippen molar-refractivity contribution in [3.8, 4) is 0 Å². The largest absolute Gasteiger partial charge is 0.396 e. The number of nitrogens with one attached hydrogen (secondary N) is 2. The Hall–Kier alpha value is -1.63. The van der Waals surface area contributed by atoms with Crippen molar-refractivity contribution >= 4 is 17.8 Å². The number of nitrogens with zero attached hydrogens (tertiary/aromatic N) is 1. The summed E-state index contributed by atoms with van der Waals surface area (Å²) >= 11 is 0. The SMILES string of the molecule is CCC1(C)NC(=O)N(CC(=O)NC(C)(C)CCO)C1=O. The number of aliphatic hydroxyl groups is 1. The molecule has 1 aliphatic rings. The van der Waals surface area contributed by atoms with Gasteiger partial charge in [0.25, 0.3) is 5.91 Å². The van der Waals surface area contributed by atoms with Crippen LogP contribution in [0.1, 0.15) is 40.5 Å². The van der Waals surface area contributed by atoms with Crippen LogP contribution < -0.4 is 10.6 Å². The second-order valence-electron chi connectivity index (χ2n) is 5.91. The van der Waals surface area contributed by atoms with Crippen LogP contribution in [0, 0.1) is 0 Å². The molecule has 0 aliphatic carbocycles. The Bertz CT molecular complexity index is 422. The first-order valence-electron chi connectivity index (χ1n) is 6.71. The Kier molecular flexibility index (Phi) is 4.75. The number of hydrogen-bond acceptors (Lipinski definition) is 4. The Morgan fingerprint density at radius 1 is 1.45 bits per heavy atom. The van der Waals surface area contributed by atoms with Crippen LogP contribution in [0.3, 0.4) is 0 Å². The third-order valence-electron chi connectivity index (χ3n) is 3.57. The van der Waals surface area contributed by atoms with Gasteiger partial charge < -0.3 is 15.7 Å². The summed E-state index contributed by atoms with van der Waals surface area (Å²) in [5.74, 6) is -0.813. The molecule has 7 heteroatoms. The van der Waals surface area contributed by atoms with Crippen LogP contribution >= 0.6 is 0 Å². The van der Waals surface area contributed by atoms with E-state index >= 15 is 0 Å². The lowest BCUT2D eigenvalue weighted by Crippen LogP contribution is -2.50. The molecule has 0 spiro atoms. The molecule has 20 heavy (non-hydrogen) atoms. The molecule has 3 N–H and O–H groups in total. The summed E-state index contributed by atoms with van der Waals surface area (Å²) in [6.07, 6.45) is 0.858. The molecule has 1 fully saturated rings. The van der Waals surface area contributed by atoms with E-state index in [-0.39, 0.29) is 19.1 Å². The van der Waals surface area contributed by atoms with Crippen LogP contribution in [0.5, 0.6) is 0 Å². The molecule has 0 aromatic carbocycles. The third-order valence-corrected chi connectivity index (χ3v) is 3.57. The predicted molar refractivity (Wildman–Crippen MR) is 72.9 cm³/mol. The van der Waals surface area contributed by atoms with Gasteiger partial charge in [0, 0.05) is 12.1 Å². The van der Waals surface area contributed by atoms with Gasteiger partial charge in [0.15, 0.2) is 0 Å². The molecule has 1 heterocycles. The maximum absolute atomic E-state index is 12.1. The molecule has 1 saturated heterocycles. The van der Waals surface area contributed by atoms with Crippen LogP contribution in [0.15, 0.2) is 0 Å². The Labute approximate surface area is 118 Å². The van der Waals surface area contributed by atoms with Crippen LogP contribution in [0.4, 0.5) is 4.79 Å². The maximum atomic E-state index is 12.1. The van der Waals surface area contributed by atoms with Gasteiger partial charge >= 0.3 is 6.03 Å². The van der Waals surface area contributed by atoms with Crippen molar-refractivity contribution in [2.45, 2.75) is 51.6 Å². The van der Waals surface area contributed by atoms with E-state index in [4.69, 9.17) is 5.11 Å². The van der Waals surface area contributed by atoms with Crippen molar-refractivity contribution in [3.63, 3.8) is 0 Å². The smallest absolute Gasteiger partial charge is 0.325 e. The minimum absolute atomic E-state index is 0.0513. The number of hydrogen-bond donors (Lipinski definition) is 3. The molecule has 0 saturated carbocycles. The zero-order valence-electron chi connectivity index (χ0n) is 12.4. The maximum Gasteiger partial charge on any atom is 0.325 e. The van der Waals surface area contributed by atoms with Crippen LogP contribution in [-0.2, 0) is 9.59 Å². The molecule has 0 bridgehead atoms. The summed E-state index contributed by atoms with van der Waals surface area (Å²) in [6.45, 7) is 6.61. The zero-order valence-corrected chi connectivity index (χ0v) is 12.4. The van der Waals surface area contributed by atoms with E-state index in [1.807, 2.05) is 0 Å². The van der Waals surface area contributed by atoms with Crippen LogP contribution in [-0.4, -0.2) is 52.1 Å². The summed E-state index contributed by atoms with van der Waals surface area (Å²) in [5.41, 5.74) is -1.52. The second kappa shape index (κ2) is 5.78. The van der Waals surface area contributed by atoms with Crippen molar-refractivity contribution in [3.05, 3.63) is 0 Å². The van der Waals surface area contributed by atoms with Crippen LogP contribution in [0.25, 0.3) is 0 Å². The lowest BCUT2D eigenvalue weighted by atomic mass is 9.99. The number of imide groups is 1. The standard InChI is InChI=1S/C13H23N3O4/c1-5-13(4)10(19)16(11(20)15-13)8-9(18)14-12(2,3)6-7-17/h17H,5-8H2,1-4H3,(H,14,18)(H,15,20). The number of rotatable bonds is 6. The molecule has 1 aliphatic heterocycles. The fraction of sp³-hybridized carbons (Fsp3) is 0.769. The minimum atomic E-state index is -0.933. The summed E-state index contributed by atoms with van der Waals surface area (Å²) in [7, 11) is 0. The summed E-state index contributed by atoms with van der Waals surface area (Å²) in [6, 6.07) is -0.547. The van der Waals surface area contributed by atoms with Crippen molar-refractivity contribution in [1.82, 2.24) is 15.5 Å². The molecule has 114 valence electrons. The van der Waals surface area contributed by atoms with E-state index in [2.05, 4.69) is 10.6 Å². The fourth-order valence-corrected chi connectivity index (χ4v) is 2.03.